The molecular formula is C11H24N4O4. The van der Waals surface area contributed by atoms with Crippen LogP contribution in [0.2, 0.25) is 0 Å². The number of ether oxygens (including phenoxy) is 1. The Morgan fingerprint density at radius 3 is 2.16 bits per heavy atom. The maximum Gasteiger partial charge on any atom is 0.322 e. The Morgan fingerprint density at radius 2 is 1.79 bits per heavy atom. The van der Waals surface area contributed by atoms with E-state index in [1.54, 1.807) is 0 Å². The van der Waals surface area contributed by atoms with Crippen molar-refractivity contribution in [2.24, 2.45) is 17.4 Å². The van der Waals surface area contributed by atoms with Crippen molar-refractivity contribution in [3.8, 4) is 0 Å². The summed E-state index contributed by atoms with van der Waals surface area (Å²) in [5.41, 5.74) is 11.5. The van der Waals surface area contributed by atoms with Gasteiger partial charge in [-0.25, -0.2) is 15.2 Å². The summed E-state index contributed by atoms with van der Waals surface area (Å²) < 4.78 is 5.19. The summed E-state index contributed by atoms with van der Waals surface area (Å²) in [5, 5.41) is 11.0. The summed E-state index contributed by atoms with van der Waals surface area (Å²) in [7, 11) is 0. The van der Waals surface area contributed by atoms with Crippen molar-refractivity contribution >= 4 is 12.0 Å². The number of urea groups is 1. The first-order valence-corrected chi connectivity index (χ1v) is 6.19. The molecule has 19 heavy (non-hydrogen) atoms. The lowest BCUT2D eigenvalue weighted by Gasteiger charge is -2.30. The van der Waals surface area contributed by atoms with Gasteiger partial charge in [0.1, 0.15) is 6.04 Å². The molecule has 2 amide bonds. The van der Waals surface area contributed by atoms with Crippen molar-refractivity contribution in [1.82, 2.24) is 10.4 Å². The summed E-state index contributed by atoms with van der Waals surface area (Å²) >= 11 is 0. The minimum Gasteiger partial charge on any atom is -0.480 e. The molecule has 1 saturated heterocycles. The fourth-order valence-corrected chi connectivity index (χ4v) is 1.59. The molecule has 0 aromatic heterocycles. The van der Waals surface area contributed by atoms with Gasteiger partial charge in [0, 0.05) is 13.1 Å². The number of nitrogens with one attached hydrogen (secondary N) is 1. The number of morpholine rings is 1. The zero-order chi connectivity index (χ0) is 14.8. The number of carboxylic acids is 1. The Bertz CT molecular complexity index is 276. The molecule has 8 nitrogen and oxygen atoms in total. The molecule has 1 atom stereocenters. The maximum atomic E-state index is 11.0. The lowest BCUT2D eigenvalue weighted by atomic mass is 10.0. The molecule has 8 heteroatoms. The molecule has 0 aliphatic carbocycles. The van der Waals surface area contributed by atoms with E-state index < -0.39 is 18.0 Å². The number of carbonyl (C=O) groups excluding carboxylic acids is 1. The van der Waals surface area contributed by atoms with Gasteiger partial charge in [-0.05, 0) is 12.3 Å². The quantitative estimate of drug-likeness (QED) is 0.527. The van der Waals surface area contributed by atoms with Gasteiger partial charge in [0.25, 0.3) is 0 Å². The number of nitrogens with zero attached hydrogens (tertiary/aromatic N) is 1. The van der Waals surface area contributed by atoms with E-state index >= 15 is 0 Å². The average Bonchev–Trinajstić information content (AvgIpc) is 2.28. The number of aliphatic carboxylic acids is 1. The molecule has 0 aromatic carbocycles. The predicted molar refractivity (Wildman–Crippen MR) is 70.2 cm³/mol. The zero-order valence-corrected chi connectivity index (χ0v) is 11.5. The van der Waals surface area contributed by atoms with E-state index in [4.69, 9.17) is 14.6 Å². The molecule has 0 bridgehead atoms. The third-order valence-electron chi connectivity index (χ3n) is 2.35. The first-order valence-electron chi connectivity index (χ1n) is 6.19. The number of nitrogens with two attached hydrogens (primary N) is 2. The van der Waals surface area contributed by atoms with Crippen LogP contribution in [0, 0.1) is 5.92 Å². The summed E-state index contributed by atoms with van der Waals surface area (Å²) in [4.78, 5) is 20.0. The van der Waals surface area contributed by atoms with E-state index in [1.165, 1.54) is 0 Å². The maximum absolute atomic E-state index is 11.0. The molecule has 6 N–H and O–H groups in total. The summed E-state index contributed by atoms with van der Waals surface area (Å²) in [6, 6.07) is -1.32. The normalized spacial score (nSPS) is 17.4. The Hall–Kier alpha value is -1.38. The Kier molecular flexibility index (Phi) is 8.84. The smallest absolute Gasteiger partial charge is 0.322 e. The largest absolute Gasteiger partial charge is 0.480 e. The van der Waals surface area contributed by atoms with Gasteiger partial charge >= 0.3 is 12.0 Å². The lowest BCUT2D eigenvalue weighted by Crippen LogP contribution is -2.53. The van der Waals surface area contributed by atoms with Gasteiger partial charge in [-0.3, -0.25) is 4.79 Å². The lowest BCUT2D eigenvalue weighted by molar-refractivity contribution is -0.142. The molecule has 0 spiro atoms. The molecule has 1 aliphatic heterocycles. The second-order valence-corrected chi connectivity index (χ2v) is 4.65. The van der Waals surface area contributed by atoms with E-state index in [2.05, 4.69) is 16.9 Å². The van der Waals surface area contributed by atoms with Crippen LogP contribution in [0.1, 0.15) is 20.3 Å². The summed E-state index contributed by atoms with van der Waals surface area (Å²) in [6.07, 6.45) is 0.646. The van der Waals surface area contributed by atoms with Crippen molar-refractivity contribution in [3.05, 3.63) is 0 Å². The molecule has 112 valence electrons. The van der Waals surface area contributed by atoms with Gasteiger partial charge < -0.3 is 21.3 Å². The van der Waals surface area contributed by atoms with Gasteiger partial charge in [0.15, 0.2) is 0 Å². The van der Waals surface area contributed by atoms with Gasteiger partial charge in [-0.15, -0.1) is 0 Å². The fourth-order valence-electron chi connectivity index (χ4n) is 1.59. The Labute approximate surface area is 113 Å². The molecule has 0 radical (unpaired) electrons. The molecule has 1 fully saturated rings. The number of hydrogen-bond donors (Lipinski definition) is 4. The second kappa shape index (κ2) is 9.54. The standard InChI is InChI=1S/C10H20N2O3.CH4N2O/c1-8(2)7-9(10(13)14)11-12-3-5-15-6-4-12;2-1(3)4/h8-9,11H,3-7H2,1-2H3,(H,13,14);(H4,2,3,4)/t9-;/m0./s1. The third-order valence-corrected chi connectivity index (χ3v) is 2.35. The van der Waals surface area contributed by atoms with Crippen LogP contribution in [0.25, 0.3) is 0 Å². The van der Waals surface area contributed by atoms with Crippen LogP contribution in [-0.2, 0) is 9.53 Å². The first kappa shape index (κ1) is 17.6. The Balaban J connectivity index is 0.000000711. The van der Waals surface area contributed by atoms with Crippen molar-refractivity contribution in [2.45, 2.75) is 26.3 Å². The Morgan fingerprint density at radius 1 is 1.32 bits per heavy atom. The van der Waals surface area contributed by atoms with Crippen LogP contribution < -0.4 is 16.9 Å². The molecule has 1 aliphatic rings. The van der Waals surface area contributed by atoms with Gasteiger partial charge in [-0.2, -0.15) is 0 Å². The molecular weight excluding hydrogens is 252 g/mol. The molecule has 0 aromatic rings. The molecule has 1 heterocycles. The highest BCUT2D eigenvalue weighted by Gasteiger charge is 2.22. The highest BCUT2D eigenvalue weighted by molar-refractivity contribution is 5.73. The highest BCUT2D eigenvalue weighted by Crippen LogP contribution is 2.06. The van der Waals surface area contributed by atoms with E-state index in [0.717, 1.165) is 13.1 Å². The van der Waals surface area contributed by atoms with Gasteiger partial charge in [0.05, 0.1) is 13.2 Å². The van der Waals surface area contributed by atoms with Crippen LogP contribution in [0.15, 0.2) is 0 Å². The number of amides is 2. The van der Waals surface area contributed by atoms with E-state index in [-0.39, 0.29) is 0 Å². The number of carbonyl (C=O) groups is 2. The van der Waals surface area contributed by atoms with Crippen LogP contribution >= 0.6 is 0 Å². The molecule has 0 saturated carbocycles. The van der Waals surface area contributed by atoms with Crippen LogP contribution in [0.3, 0.4) is 0 Å². The average molecular weight is 276 g/mol. The topological polar surface area (TPSA) is 131 Å². The molecule has 0 unspecified atom stereocenters. The van der Waals surface area contributed by atoms with Crippen LogP contribution in [0.4, 0.5) is 4.79 Å². The summed E-state index contributed by atoms with van der Waals surface area (Å²) in [5.74, 6) is -0.408. The minimum atomic E-state index is -0.833. The minimum absolute atomic E-state index is 0.375. The SMILES string of the molecule is CC(C)C[C@H](NN1CCOCC1)C(=O)O.NC(N)=O. The predicted octanol–water partition coefficient (Wildman–Crippen LogP) is -0.654. The number of carboxylic acid groups (broad SMARTS) is 1. The third kappa shape index (κ3) is 10.2. The summed E-state index contributed by atoms with van der Waals surface area (Å²) in [6.45, 7) is 6.89. The van der Waals surface area contributed by atoms with Crippen molar-refractivity contribution in [3.63, 3.8) is 0 Å². The van der Waals surface area contributed by atoms with Gasteiger partial charge in [0.2, 0.25) is 0 Å². The van der Waals surface area contributed by atoms with E-state index in [9.17, 15) is 4.79 Å². The van der Waals surface area contributed by atoms with Crippen LogP contribution in [0.5, 0.6) is 0 Å². The van der Waals surface area contributed by atoms with Gasteiger partial charge in [-0.1, -0.05) is 13.8 Å². The number of primary amides is 2. The monoisotopic (exact) mass is 276 g/mol. The number of hydrazine groups is 1. The zero-order valence-electron chi connectivity index (χ0n) is 11.5. The number of rotatable bonds is 5. The van der Waals surface area contributed by atoms with Crippen molar-refractivity contribution < 1.29 is 19.4 Å². The number of hydrogen-bond acceptors (Lipinski definition) is 5. The fraction of sp³-hybridized carbons (Fsp3) is 0.818. The van der Waals surface area contributed by atoms with Crippen LogP contribution in [-0.4, -0.2) is 54.5 Å². The molecule has 1 rings (SSSR count). The van der Waals surface area contributed by atoms with Crippen molar-refractivity contribution in [1.29, 1.82) is 0 Å². The first-order chi connectivity index (χ1) is 8.82. The highest BCUT2D eigenvalue weighted by atomic mass is 16.5. The van der Waals surface area contributed by atoms with E-state index in [0.29, 0.717) is 25.6 Å². The van der Waals surface area contributed by atoms with Crippen molar-refractivity contribution in [2.75, 3.05) is 26.3 Å². The van der Waals surface area contributed by atoms with E-state index in [1.807, 2.05) is 18.9 Å². The second-order valence-electron chi connectivity index (χ2n) is 4.65.